The fourth-order valence-corrected chi connectivity index (χ4v) is 3.64. The monoisotopic (exact) mass is 430 g/mol. The van der Waals surface area contributed by atoms with Crippen LogP contribution in [0.25, 0.3) is 0 Å². The van der Waals surface area contributed by atoms with Crippen LogP contribution in [0.3, 0.4) is 0 Å². The number of carbonyl (C=O) groups is 1. The highest BCUT2D eigenvalue weighted by atomic mass is 19.4. The van der Waals surface area contributed by atoms with Crippen LogP contribution in [0.4, 0.5) is 24.7 Å². The van der Waals surface area contributed by atoms with E-state index < -0.39 is 24.2 Å². The molecule has 9 heteroatoms. The number of aromatic nitrogens is 2. The number of nitrogens with one attached hydrogen (secondary N) is 2. The van der Waals surface area contributed by atoms with Crippen LogP contribution in [0.5, 0.6) is 5.75 Å². The molecular formula is C22H21F3N4O2. The molecule has 31 heavy (non-hydrogen) atoms. The normalized spacial score (nSPS) is 18.1. The minimum Gasteiger partial charge on any atom is -0.497 e. The molecule has 2 atom stereocenters. The first-order valence-electron chi connectivity index (χ1n) is 9.69. The predicted molar refractivity (Wildman–Crippen MR) is 110 cm³/mol. The van der Waals surface area contributed by atoms with Crippen LogP contribution >= 0.6 is 0 Å². The number of nitrogens with zero attached hydrogens (tertiary/aromatic N) is 2. The number of halogens is 3. The number of ether oxygens (including phenoxy) is 1. The summed E-state index contributed by atoms with van der Waals surface area (Å²) in [6.07, 6.45) is -3.62. The van der Waals surface area contributed by atoms with Crippen LogP contribution in [0, 0.1) is 6.92 Å². The molecular weight excluding hydrogens is 409 g/mol. The lowest BCUT2D eigenvalue weighted by molar-refractivity contribution is -0.173. The van der Waals surface area contributed by atoms with Crippen molar-refractivity contribution in [2.75, 3.05) is 17.7 Å². The second kappa shape index (κ2) is 7.98. The van der Waals surface area contributed by atoms with E-state index in [-0.39, 0.29) is 17.8 Å². The Balaban J connectivity index is 1.68. The molecule has 6 nitrogen and oxygen atoms in total. The molecule has 1 aliphatic heterocycles. The van der Waals surface area contributed by atoms with Gasteiger partial charge in [-0.1, -0.05) is 29.8 Å². The maximum Gasteiger partial charge on any atom is 0.410 e. The van der Waals surface area contributed by atoms with Crippen molar-refractivity contribution in [2.24, 2.45) is 0 Å². The quantitative estimate of drug-likeness (QED) is 0.603. The van der Waals surface area contributed by atoms with Gasteiger partial charge in [0.1, 0.15) is 17.1 Å². The highest BCUT2D eigenvalue weighted by Gasteiger charge is 2.47. The molecule has 2 aromatic carbocycles. The van der Waals surface area contributed by atoms with Crippen LogP contribution in [0.1, 0.15) is 40.0 Å². The summed E-state index contributed by atoms with van der Waals surface area (Å²) in [4.78, 5) is 12.8. The summed E-state index contributed by atoms with van der Waals surface area (Å²) in [5, 5.41) is 9.68. The van der Waals surface area contributed by atoms with Crippen molar-refractivity contribution >= 4 is 17.4 Å². The van der Waals surface area contributed by atoms with Crippen molar-refractivity contribution in [3.05, 3.63) is 71.4 Å². The van der Waals surface area contributed by atoms with E-state index in [0.29, 0.717) is 17.0 Å². The molecule has 0 spiro atoms. The number of carbonyl (C=O) groups excluding carboxylic acids is 1. The van der Waals surface area contributed by atoms with Crippen LogP contribution in [-0.4, -0.2) is 29.0 Å². The van der Waals surface area contributed by atoms with Crippen molar-refractivity contribution in [1.82, 2.24) is 9.78 Å². The van der Waals surface area contributed by atoms with E-state index in [1.54, 1.807) is 36.4 Å². The van der Waals surface area contributed by atoms with Gasteiger partial charge in [0.15, 0.2) is 6.04 Å². The molecule has 3 aromatic rings. The molecule has 0 unspecified atom stereocenters. The number of rotatable bonds is 4. The molecule has 2 heterocycles. The van der Waals surface area contributed by atoms with Gasteiger partial charge in [0, 0.05) is 12.1 Å². The molecule has 0 saturated heterocycles. The Bertz CT molecular complexity index is 1090. The second-order valence-corrected chi connectivity index (χ2v) is 7.44. The van der Waals surface area contributed by atoms with Gasteiger partial charge in [-0.3, -0.25) is 4.79 Å². The molecule has 0 radical (unpaired) electrons. The third-order valence-corrected chi connectivity index (χ3v) is 5.29. The molecule has 0 fully saturated rings. The third kappa shape index (κ3) is 4.21. The van der Waals surface area contributed by atoms with Crippen LogP contribution < -0.4 is 15.4 Å². The van der Waals surface area contributed by atoms with E-state index in [9.17, 15) is 18.0 Å². The first-order chi connectivity index (χ1) is 14.8. The van der Waals surface area contributed by atoms with Gasteiger partial charge >= 0.3 is 6.18 Å². The maximum atomic E-state index is 13.8. The number of benzene rings is 2. The third-order valence-electron chi connectivity index (χ3n) is 5.29. The summed E-state index contributed by atoms with van der Waals surface area (Å²) in [5.41, 5.74) is 2.24. The standard InChI is InChI=1S/C22H21F3N4O2/c1-13-6-8-15(9-7-13)27-21(30)17-12-26-29-19(22(23,24)25)11-18(28-20(17)29)14-4-3-5-16(10-14)31-2/h3-10,12,18-19,28H,11H2,1-2H3,(H,27,30)/t18-,19+/m0/s1. The number of methoxy groups -OCH3 is 1. The first kappa shape index (κ1) is 20.8. The summed E-state index contributed by atoms with van der Waals surface area (Å²) in [6.45, 7) is 1.92. The summed E-state index contributed by atoms with van der Waals surface area (Å²) in [6, 6.07) is 11.4. The number of hydrogen-bond acceptors (Lipinski definition) is 4. The number of hydrogen-bond donors (Lipinski definition) is 2. The smallest absolute Gasteiger partial charge is 0.410 e. The SMILES string of the molecule is COc1cccc([C@@H]2C[C@H](C(F)(F)F)n3ncc(C(=O)Nc4ccc(C)cc4)c3N2)c1. The Morgan fingerprint density at radius 1 is 1.23 bits per heavy atom. The molecule has 0 bridgehead atoms. The average Bonchev–Trinajstić information content (AvgIpc) is 3.18. The molecule has 4 rings (SSSR count). The Morgan fingerprint density at radius 2 is 1.97 bits per heavy atom. The summed E-state index contributed by atoms with van der Waals surface area (Å²) >= 11 is 0. The first-order valence-corrected chi connectivity index (χ1v) is 9.69. The van der Waals surface area contributed by atoms with Crippen LogP contribution in [0.2, 0.25) is 0 Å². The molecule has 0 aliphatic carbocycles. The van der Waals surface area contributed by atoms with E-state index in [0.717, 1.165) is 10.2 Å². The van der Waals surface area contributed by atoms with Crippen molar-refractivity contribution in [3.8, 4) is 5.75 Å². The highest BCUT2D eigenvalue weighted by molar-refractivity contribution is 6.07. The topological polar surface area (TPSA) is 68.2 Å². The van der Waals surface area contributed by atoms with Gasteiger partial charge in [0.25, 0.3) is 5.91 Å². The van der Waals surface area contributed by atoms with Gasteiger partial charge < -0.3 is 15.4 Å². The lowest BCUT2D eigenvalue weighted by atomic mass is 9.96. The fraction of sp³-hybridized carbons (Fsp3) is 0.273. The summed E-state index contributed by atoms with van der Waals surface area (Å²) in [5.74, 6) is 0.0371. The van der Waals surface area contributed by atoms with Crippen LogP contribution in [-0.2, 0) is 0 Å². The number of alkyl halides is 3. The van der Waals surface area contributed by atoms with Gasteiger partial charge in [0.2, 0.25) is 0 Å². The summed E-state index contributed by atoms with van der Waals surface area (Å²) < 4.78 is 47.6. The van der Waals surface area contributed by atoms with Crippen molar-refractivity contribution in [3.63, 3.8) is 0 Å². The fourth-order valence-electron chi connectivity index (χ4n) is 3.64. The van der Waals surface area contributed by atoms with Crippen molar-refractivity contribution in [2.45, 2.75) is 31.6 Å². The maximum absolute atomic E-state index is 13.8. The Kier molecular flexibility index (Phi) is 5.34. The Labute approximate surface area is 177 Å². The number of fused-ring (bicyclic) bond motifs is 1. The van der Waals surface area contributed by atoms with Gasteiger partial charge in [0.05, 0.1) is 19.3 Å². The van der Waals surface area contributed by atoms with Gasteiger partial charge in [-0.05, 0) is 36.8 Å². The zero-order valence-corrected chi connectivity index (χ0v) is 16.9. The largest absolute Gasteiger partial charge is 0.497 e. The average molecular weight is 430 g/mol. The Hall–Kier alpha value is -3.49. The summed E-state index contributed by atoms with van der Waals surface area (Å²) in [7, 11) is 1.49. The van der Waals surface area contributed by atoms with E-state index in [1.807, 2.05) is 19.1 Å². The predicted octanol–water partition coefficient (Wildman–Crippen LogP) is 5.11. The van der Waals surface area contributed by atoms with Crippen molar-refractivity contribution < 1.29 is 22.7 Å². The van der Waals surface area contributed by atoms with Gasteiger partial charge in [-0.15, -0.1) is 0 Å². The molecule has 1 amide bonds. The molecule has 162 valence electrons. The Morgan fingerprint density at radius 3 is 2.65 bits per heavy atom. The van der Waals surface area contributed by atoms with E-state index in [4.69, 9.17) is 4.74 Å². The lowest BCUT2D eigenvalue weighted by Gasteiger charge is -2.34. The van der Waals surface area contributed by atoms with Crippen molar-refractivity contribution in [1.29, 1.82) is 0 Å². The minimum atomic E-state index is -4.52. The number of aryl methyl sites for hydroxylation is 1. The molecule has 1 aromatic heterocycles. The second-order valence-electron chi connectivity index (χ2n) is 7.44. The highest BCUT2D eigenvalue weighted by Crippen LogP contribution is 2.44. The zero-order valence-electron chi connectivity index (χ0n) is 16.9. The van der Waals surface area contributed by atoms with E-state index >= 15 is 0 Å². The number of anilines is 2. The molecule has 0 saturated carbocycles. The van der Waals surface area contributed by atoms with Gasteiger partial charge in [-0.2, -0.15) is 18.3 Å². The molecule has 2 N–H and O–H groups in total. The van der Waals surface area contributed by atoms with Crippen LogP contribution in [0.15, 0.2) is 54.7 Å². The van der Waals surface area contributed by atoms with Gasteiger partial charge in [-0.25, -0.2) is 4.68 Å². The lowest BCUT2D eigenvalue weighted by Crippen LogP contribution is -2.36. The van der Waals surface area contributed by atoms with E-state index in [1.165, 1.54) is 13.3 Å². The number of amides is 1. The zero-order chi connectivity index (χ0) is 22.2. The minimum absolute atomic E-state index is 0.0333. The van der Waals surface area contributed by atoms with E-state index in [2.05, 4.69) is 15.7 Å². The molecule has 1 aliphatic rings.